The molecule has 8 nitrogen and oxygen atoms in total. The fourth-order valence-corrected chi connectivity index (χ4v) is 2.50. The van der Waals surface area contributed by atoms with Crippen LogP contribution in [0.1, 0.15) is 5.56 Å². The average Bonchev–Trinajstić information content (AvgIpc) is 2.85. The van der Waals surface area contributed by atoms with Gasteiger partial charge in [-0.3, -0.25) is 14.8 Å². The molecule has 1 heterocycles. The van der Waals surface area contributed by atoms with Crippen LogP contribution in [0.15, 0.2) is 35.7 Å². The molecule has 0 saturated carbocycles. The van der Waals surface area contributed by atoms with Crippen LogP contribution in [-0.4, -0.2) is 23.3 Å². The van der Waals surface area contributed by atoms with E-state index in [4.69, 9.17) is 0 Å². The third kappa shape index (κ3) is 2.71. The molecule has 19 heavy (non-hydrogen) atoms. The molecule has 0 amide bonds. The van der Waals surface area contributed by atoms with Crippen LogP contribution >= 0.6 is 0 Å². The molecule has 0 aliphatic heterocycles. The van der Waals surface area contributed by atoms with Gasteiger partial charge in [0.15, 0.2) is 5.03 Å². The van der Waals surface area contributed by atoms with Gasteiger partial charge >= 0.3 is 0 Å². The number of aromatic amines is 1. The zero-order valence-corrected chi connectivity index (χ0v) is 10.6. The molecule has 2 aromatic rings. The van der Waals surface area contributed by atoms with Crippen LogP contribution < -0.4 is 4.72 Å². The number of H-pyrrole nitrogens is 1. The third-order valence-corrected chi connectivity index (χ3v) is 3.72. The number of sulfonamides is 1. The largest absolute Gasteiger partial charge is 0.334 e. The molecule has 1 aromatic carbocycles. The average molecular weight is 282 g/mol. The van der Waals surface area contributed by atoms with Crippen molar-refractivity contribution in [2.75, 3.05) is 4.72 Å². The second-order valence-corrected chi connectivity index (χ2v) is 5.43. The molecule has 0 radical (unpaired) electrons. The first kappa shape index (κ1) is 13.0. The van der Waals surface area contributed by atoms with E-state index in [0.29, 0.717) is 5.56 Å². The van der Waals surface area contributed by atoms with E-state index in [-0.39, 0.29) is 16.4 Å². The first-order valence-electron chi connectivity index (χ1n) is 5.16. The summed E-state index contributed by atoms with van der Waals surface area (Å²) < 4.78 is 26.2. The van der Waals surface area contributed by atoms with E-state index in [1.54, 1.807) is 6.92 Å². The van der Waals surface area contributed by atoms with Crippen molar-refractivity contribution in [3.63, 3.8) is 0 Å². The Hall–Kier alpha value is -2.42. The van der Waals surface area contributed by atoms with Gasteiger partial charge in [-0.05, 0) is 18.6 Å². The summed E-state index contributed by atoms with van der Waals surface area (Å²) in [4.78, 5) is 16.2. The summed E-state index contributed by atoms with van der Waals surface area (Å²) in [7, 11) is -3.76. The number of nitro groups is 1. The van der Waals surface area contributed by atoms with Gasteiger partial charge in [0.2, 0.25) is 0 Å². The zero-order valence-electron chi connectivity index (χ0n) is 9.82. The lowest BCUT2D eigenvalue weighted by Crippen LogP contribution is -2.14. The molecule has 2 rings (SSSR count). The quantitative estimate of drug-likeness (QED) is 0.649. The fourth-order valence-electron chi connectivity index (χ4n) is 1.47. The predicted molar refractivity (Wildman–Crippen MR) is 67.2 cm³/mol. The van der Waals surface area contributed by atoms with Gasteiger partial charge in [0, 0.05) is 12.1 Å². The number of aromatic nitrogens is 2. The van der Waals surface area contributed by atoms with Crippen LogP contribution in [0, 0.1) is 17.0 Å². The molecule has 1 aromatic heterocycles. The van der Waals surface area contributed by atoms with Crippen molar-refractivity contribution in [1.29, 1.82) is 0 Å². The van der Waals surface area contributed by atoms with E-state index in [0.717, 1.165) is 0 Å². The van der Waals surface area contributed by atoms with Gasteiger partial charge in [0.1, 0.15) is 0 Å². The number of nitro benzene ring substituents is 1. The van der Waals surface area contributed by atoms with Gasteiger partial charge in [-0.1, -0.05) is 0 Å². The van der Waals surface area contributed by atoms with Crippen LogP contribution in [0.4, 0.5) is 11.4 Å². The number of nitrogens with one attached hydrogen (secondary N) is 2. The van der Waals surface area contributed by atoms with Gasteiger partial charge in [0.05, 0.1) is 23.1 Å². The maximum absolute atomic E-state index is 11.9. The second kappa shape index (κ2) is 4.69. The van der Waals surface area contributed by atoms with Crippen molar-refractivity contribution < 1.29 is 13.3 Å². The van der Waals surface area contributed by atoms with Crippen molar-refractivity contribution in [3.8, 4) is 0 Å². The molecule has 0 spiro atoms. The van der Waals surface area contributed by atoms with E-state index < -0.39 is 14.9 Å². The molecule has 0 saturated heterocycles. The monoisotopic (exact) mass is 282 g/mol. The Bertz CT molecular complexity index is 709. The molecule has 0 aliphatic carbocycles. The summed E-state index contributed by atoms with van der Waals surface area (Å²) >= 11 is 0. The SMILES string of the molecule is Cc1cc([N+](=O)[O-])ccc1NS(=O)(=O)c1cnc[nH]1. The minimum absolute atomic E-state index is 0.0785. The fraction of sp³-hybridized carbons (Fsp3) is 0.100. The molecule has 100 valence electrons. The molecule has 2 N–H and O–H groups in total. The van der Waals surface area contributed by atoms with E-state index in [9.17, 15) is 18.5 Å². The van der Waals surface area contributed by atoms with Crippen molar-refractivity contribution in [2.24, 2.45) is 0 Å². The summed E-state index contributed by atoms with van der Waals surface area (Å²) in [5.74, 6) is 0. The number of aryl methyl sites for hydroxylation is 1. The minimum atomic E-state index is -3.76. The Kier molecular flexibility index (Phi) is 3.21. The van der Waals surface area contributed by atoms with E-state index in [1.807, 2.05) is 0 Å². The van der Waals surface area contributed by atoms with Crippen molar-refractivity contribution in [1.82, 2.24) is 9.97 Å². The highest BCUT2D eigenvalue weighted by Crippen LogP contribution is 2.23. The van der Waals surface area contributed by atoms with Crippen LogP contribution in [0.2, 0.25) is 0 Å². The van der Waals surface area contributed by atoms with Gasteiger partial charge in [0.25, 0.3) is 15.7 Å². The maximum Gasteiger partial charge on any atom is 0.278 e. The molecule has 0 aliphatic rings. The molecule has 0 fully saturated rings. The highest BCUT2D eigenvalue weighted by atomic mass is 32.2. The Morgan fingerprint density at radius 3 is 2.68 bits per heavy atom. The van der Waals surface area contributed by atoms with Crippen molar-refractivity contribution in [2.45, 2.75) is 11.9 Å². The van der Waals surface area contributed by atoms with Crippen molar-refractivity contribution >= 4 is 21.4 Å². The number of non-ortho nitro benzene ring substituents is 1. The highest BCUT2D eigenvalue weighted by Gasteiger charge is 2.17. The van der Waals surface area contributed by atoms with Gasteiger partial charge in [-0.25, -0.2) is 4.98 Å². The number of rotatable bonds is 4. The number of anilines is 1. The lowest BCUT2D eigenvalue weighted by atomic mass is 10.2. The highest BCUT2D eigenvalue weighted by molar-refractivity contribution is 7.92. The second-order valence-electron chi connectivity index (χ2n) is 3.78. The molecule has 0 unspecified atom stereocenters. The molecular weight excluding hydrogens is 272 g/mol. The third-order valence-electron chi connectivity index (χ3n) is 2.43. The summed E-state index contributed by atoms with van der Waals surface area (Å²) in [5.41, 5.74) is 0.638. The Labute approximate surface area is 108 Å². The summed E-state index contributed by atoms with van der Waals surface area (Å²) in [6.07, 6.45) is 2.42. The summed E-state index contributed by atoms with van der Waals surface area (Å²) in [6, 6.07) is 3.88. The van der Waals surface area contributed by atoms with Crippen LogP contribution in [0.5, 0.6) is 0 Å². The number of hydrogen-bond acceptors (Lipinski definition) is 5. The maximum atomic E-state index is 11.9. The lowest BCUT2D eigenvalue weighted by Gasteiger charge is -2.08. The number of imidazole rings is 1. The number of hydrogen-bond donors (Lipinski definition) is 2. The van der Waals surface area contributed by atoms with E-state index in [1.165, 1.54) is 30.7 Å². The van der Waals surface area contributed by atoms with Gasteiger partial charge in [-0.15, -0.1) is 0 Å². The van der Waals surface area contributed by atoms with Crippen LogP contribution in [0.25, 0.3) is 0 Å². The molecule has 9 heteroatoms. The normalized spacial score (nSPS) is 11.2. The van der Waals surface area contributed by atoms with Crippen LogP contribution in [-0.2, 0) is 10.0 Å². The summed E-state index contributed by atoms with van der Waals surface area (Å²) in [5, 5.41) is 10.5. The number of benzene rings is 1. The Morgan fingerprint density at radius 1 is 1.42 bits per heavy atom. The first-order valence-corrected chi connectivity index (χ1v) is 6.65. The van der Waals surface area contributed by atoms with E-state index >= 15 is 0 Å². The van der Waals surface area contributed by atoms with E-state index in [2.05, 4.69) is 14.7 Å². The summed E-state index contributed by atoms with van der Waals surface area (Å²) in [6.45, 7) is 1.58. The van der Waals surface area contributed by atoms with Crippen molar-refractivity contribution in [3.05, 3.63) is 46.4 Å². The minimum Gasteiger partial charge on any atom is -0.334 e. The molecule has 0 atom stereocenters. The first-order chi connectivity index (χ1) is 8.90. The number of nitrogens with zero attached hydrogens (tertiary/aromatic N) is 2. The van der Waals surface area contributed by atoms with Gasteiger partial charge in [-0.2, -0.15) is 8.42 Å². The zero-order chi connectivity index (χ0) is 14.0. The molecular formula is C10H10N4O4S. The van der Waals surface area contributed by atoms with Crippen LogP contribution in [0.3, 0.4) is 0 Å². The smallest absolute Gasteiger partial charge is 0.278 e. The lowest BCUT2D eigenvalue weighted by molar-refractivity contribution is -0.384. The Balaban J connectivity index is 2.32. The predicted octanol–water partition coefficient (Wildman–Crippen LogP) is 1.43. The van der Waals surface area contributed by atoms with Gasteiger partial charge < -0.3 is 4.98 Å². The standard InChI is InChI=1S/C10H10N4O4S/c1-7-4-8(14(15)16)2-3-9(7)13-19(17,18)10-5-11-6-12-10/h2-6,13H,1H3,(H,11,12). The Morgan fingerprint density at radius 2 is 2.16 bits per heavy atom. The molecule has 0 bridgehead atoms. The topological polar surface area (TPSA) is 118 Å².